The van der Waals surface area contributed by atoms with Gasteiger partial charge in [-0.05, 0) is 44.4 Å². The average molecular weight is 275 g/mol. The van der Waals surface area contributed by atoms with E-state index >= 15 is 0 Å². The first kappa shape index (κ1) is 13.4. The number of fused-ring (bicyclic) bond motifs is 1. The maximum Gasteiger partial charge on any atom is 0.271 e. The van der Waals surface area contributed by atoms with Crippen LogP contribution in [0, 0.1) is 17.0 Å². The van der Waals surface area contributed by atoms with E-state index in [1.807, 2.05) is 13.0 Å². The highest BCUT2D eigenvalue weighted by atomic mass is 16.6. The largest absolute Gasteiger partial charge is 0.380 e. The Morgan fingerprint density at radius 3 is 2.90 bits per heavy atom. The third-order valence-electron chi connectivity index (χ3n) is 4.48. The van der Waals surface area contributed by atoms with Gasteiger partial charge in [0.15, 0.2) is 0 Å². The van der Waals surface area contributed by atoms with E-state index in [0.717, 1.165) is 24.2 Å². The lowest BCUT2D eigenvalue weighted by Crippen LogP contribution is -2.41. The van der Waals surface area contributed by atoms with Gasteiger partial charge in [-0.2, -0.15) is 0 Å². The molecule has 2 fully saturated rings. The maximum absolute atomic E-state index is 10.9. The van der Waals surface area contributed by atoms with Crippen molar-refractivity contribution in [2.24, 2.45) is 0 Å². The van der Waals surface area contributed by atoms with E-state index in [2.05, 4.69) is 10.2 Å². The summed E-state index contributed by atoms with van der Waals surface area (Å²) >= 11 is 0. The van der Waals surface area contributed by atoms with Crippen LogP contribution in [0.25, 0.3) is 0 Å². The first-order chi connectivity index (χ1) is 9.63. The molecule has 0 spiro atoms. The van der Waals surface area contributed by atoms with Crippen LogP contribution in [0.2, 0.25) is 0 Å². The quantitative estimate of drug-likeness (QED) is 0.680. The van der Waals surface area contributed by atoms with E-state index in [0.29, 0.717) is 12.1 Å². The molecular weight excluding hydrogens is 254 g/mol. The molecule has 0 amide bonds. The first-order valence-electron chi connectivity index (χ1n) is 7.40. The summed E-state index contributed by atoms with van der Waals surface area (Å²) < 4.78 is 0. The molecule has 2 aliphatic heterocycles. The summed E-state index contributed by atoms with van der Waals surface area (Å²) in [5, 5.41) is 14.5. The van der Waals surface area contributed by atoms with Crippen LogP contribution >= 0.6 is 0 Å². The van der Waals surface area contributed by atoms with Gasteiger partial charge in [-0.15, -0.1) is 0 Å². The van der Waals surface area contributed by atoms with Crippen LogP contribution in [0.1, 0.15) is 31.2 Å². The summed E-state index contributed by atoms with van der Waals surface area (Å²) in [5.74, 6) is 0. The molecule has 5 nitrogen and oxygen atoms in total. The van der Waals surface area contributed by atoms with Gasteiger partial charge in [0.25, 0.3) is 5.69 Å². The molecule has 3 rings (SSSR count). The van der Waals surface area contributed by atoms with Gasteiger partial charge < -0.3 is 5.32 Å². The van der Waals surface area contributed by atoms with Gasteiger partial charge in [0.1, 0.15) is 0 Å². The Kier molecular flexibility index (Phi) is 3.61. The lowest BCUT2D eigenvalue weighted by molar-refractivity contribution is -0.384. The van der Waals surface area contributed by atoms with Gasteiger partial charge in [0, 0.05) is 36.4 Å². The number of nitro benzene ring substituents is 1. The predicted octanol–water partition coefficient (Wildman–Crippen LogP) is 2.94. The van der Waals surface area contributed by atoms with Crippen molar-refractivity contribution >= 4 is 11.4 Å². The Hall–Kier alpha value is -1.62. The number of piperidine rings is 1. The molecule has 108 valence electrons. The van der Waals surface area contributed by atoms with Gasteiger partial charge >= 0.3 is 0 Å². The van der Waals surface area contributed by atoms with Gasteiger partial charge in [-0.3, -0.25) is 15.0 Å². The SMILES string of the molecule is Cc1cc(NC2CCN3CCCCC23)cc([N+](=O)[O-])c1. The molecule has 2 aliphatic rings. The van der Waals surface area contributed by atoms with Crippen LogP contribution in [0.5, 0.6) is 0 Å². The number of nitro groups is 1. The number of aryl methyl sites for hydroxylation is 1. The van der Waals surface area contributed by atoms with Crippen LogP contribution in [0.15, 0.2) is 18.2 Å². The number of hydrogen-bond donors (Lipinski definition) is 1. The van der Waals surface area contributed by atoms with Crippen molar-refractivity contribution in [1.82, 2.24) is 4.90 Å². The predicted molar refractivity (Wildman–Crippen MR) is 79.1 cm³/mol. The molecule has 0 radical (unpaired) electrons. The number of rotatable bonds is 3. The number of non-ortho nitro benzene ring substituents is 1. The Labute approximate surface area is 119 Å². The molecule has 2 saturated heterocycles. The van der Waals surface area contributed by atoms with E-state index in [1.54, 1.807) is 12.1 Å². The summed E-state index contributed by atoms with van der Waals surface area (Å²) in [4.78, 5) is 13.2. The molecule has 0 saturated carbocycles. The standard InChI is InChI=1S/C15H21N3O2/c1-11-8-12(10-13(9-11)18(19)20)16-14-5-7-17-6-3-2-4-15(14)17/h8-10,14-16H,2-7H2,1H3. The normalized spacial score (nSPS) is 26.2. The van der Waals surface area contributed by atoms with E-state index < -0.39 is 0 Å². The second-order valence-corrected chi connectivity index (χ2v) is 5.95. The van der Waals surface area contributed by atoms with E-state index in [1.165, 1.54) is 25.8 Å². The van der Waals surface area contributed by atoms with E-state index in [4.69, 9.17) is 0 Å². The highest BCUT2D eigenvalue weighted by Crippen LogP contribution is 2.30. The number of anilines is 1. The van der Waals surface area contributed by atoms with Crippen molar-refractivity contribution in [1.29, 1.82) is 0 Å². The zero-order valence-corrected chi connectivity index (χ0v) is 11.8. The topological polar surface area (TPSA) is 58.4 Å². The number of nitrogens with zero attached hydrogens (tertiary/aromatic N) is 2. The maximum atomic E-state index is 10.9. The second-order valence-electron chi connectivity index (χ2n) is 5.95. The monoisotopic (exact) mass is 275 g/mol. The van der Waals surface area contributed by atoms with Crippen LogP contribution in [0.3, 0.4) is 0 Å². The zero-order chi connectivity index (χ0) is 14.1. The zero-order valence-electron chi connectivity index (χ0n) is 11.8. The fourth-order valence-electron chi connectivity index (χ4n) is 3.58. The molecule has 1 N–H and O–H groups in total. The van der Waals surface area contributed by atoms with Gasteiger partial charge in [-0.25, -0.2) is 0 Å². The van der Waals surface area contributed by atoms with Crippen molar-refractivity contribution in [3.05, 3.63) is 33.9 Å². The van der Waals surface area contributed by atoms with E-state index in [9.17, 15) is 10.1 Å². The van der Waals surface area contributed by atoms with Crippen LogP contribution in [0.4, 0.5) is 11.4 Å². The van der Waals surface area contributed by atoms with Crippen LogP contribution in [-0.2, 0) is 0 Å². The lowest BCUT2D eigenvalue weighted by atomic mass is 9.98. The fourth-order valence-corrected chi connectivity index (χ4v) is 3.58. The molecular formula is C15H21N3O2. The summed E-state index contributed by atoms with van der Waals surface area (Å²) in [6.07, 6.45) is 4.98. The summed E-state index contributed by atoms with van der Waals surface area (Å²) in [7, 11) is 0. The molecule has 1 aromatic carbocycles. The molecule has 5 heteroatoms. The smallest absolute Gasteiger partial charge is 0.271 e. The third kappa shape index (κ3) is 2.63. The average Bonchev–Trinajstić information content (AvgIpc) is 2.82. The van der Waals surface area contributed by atoms with Crippen molar-refractivity contribution in [3.8, 4) is 0 Å². The Balaban J connectivity index is 1.76. The van der Waals surface area contributed by atoms with Gasteiger partial charge in [-0.1, -0.05) is 6.42 Å². The molecule has 2 heterocycles. The third-order valence-corrected chi connectivity index (χ3v) is 4.48. The van der Waals surface area contributed by atoms with Gasteiger partial charge in [0.2, 0.25) is 0 Å². The number of benzene rings is 1. The minimum atomic E-state index is -0.320. The number of hydrogen-bond acceptors (Lipinski definition) is 4. The highest BCUT2D eigenvalue weighted by Gasteiger charge is 2.35. The molecule has 0 bridgehead atoms. The summed E-state index contributed by atoms with van der Waals surface area (Å²) in [6, 6.07) is 6.30. The first-order valence-corrected chi connectivity index (χ1v) is 7.40. The van der Waals surface area contributed by atoms with Crippen molar-refractivity contribution in [2.45, 2.75) is 44.7 Å². The lowest BCUT2D eigenvalue weighted by Gasteiger charge is -2.33. The van der Waals surface area contributed by atoms with Crippen molar-refractivity contribution < 1.29 is 4.92 Å². The van der Waals surface area contributed by atoms with Gasteiger partial charge in [0.05, 0.1) is 4.92 Å². The summed E-state index contributed by atoms with van der Waals surface area (Å²) in [6.45, 7) is 4.26. The highest BCUT2D eigenvalue weighted by molar-refractivity contribution is 5.54. The molecule has 0 aromatic heterocycles. The van der Waals surface area contributed by atoms with Crippen LogP contribution in [-0.4, -0.2) is 35.0 Å². The minimum absolute atomic E-state index is 0.172. The Morgan fingerprint density at radius 2 is 2.10 bits per heavy atom. The van der Waals surface area contributed by atoms with Crippen molar-refractivity contribution in [3.63, 3.8) is 0 Å². The molecule has 2 atom stereocenters. The fraction of sp³-hybridized carbons (Fsp3) is 0.600. The Morgan fingerprint density at radius 1 is 1.25 bits per heavy atom. The Bertz CT molecular complexity index is 518. The van der Waals surface area contributed by atoms with Crippen molar-refractivity contribution in [2.75, 3.05) is 18.4 Å². The molecule has 2 unspecified atom stereocenters. The number of nitrogens with one attached hydrogen (secondary N) is 1. The van der Waals surface area contributed by atoms with E-state index in [-0.39, 0.29) is 10.6 Å². The molecule has 20 heavy (non-hydrogen) atoms. The second kappa shape index (κ2) is 5.40. The molecule has 1 aromatic rings. The molecule has 0 aliphatic carbocycles. The van der Waals surface area contributed by atoms with Crippen LogP contribution < -0.4 is 5.32 Å². The summed E-state index contributed by atoms with van der Waals surface area (Å²) in [5.41, 5.74) is 1.99. The minimum Gasteiger partial charge on any atom is -0.380 e.